The van der Waals surface area contributed by atoms with Gasteiger partial charge in [0, 0.05) is 15.5 Å². The van der Waals surface area contributed by atoms with Gasteiger partial charge in [0.15, 0.2) is 0 Å². The van der Waals surface area contributed by atoms with Crippen LogP contribution in [0.4, 0.5) is 0 Å². The van der Waals surface area contributed by atoms with Crippen molar-refractivity contribution in [1.82, 2.24) is 5.32 Å². The lowest BCUT2D eigenvalue weighted by Crippen LogP contribution is -2.20. The van der Waals surface area contributed by atoms with Gasteiger partial charge in [0.25, 0.3) is 0 Å². The summed E-state index contributed by atoms with van der Waals surface area (Å²) in [4.78, 5) is 0. The first-order valence-electron chi connectivity index (χ1n) is 6.86. The molecule has 0 heterocycles. The van der Waals surface area contributed by atoms with Gasteiger partial charge in [-0.25, -0.2) is 0 Å². The lowest BCUT2D eigenvalue weighted by Gasteiger charge is -2.19. The zero-order chi connectivity index (χ0) is 13.4. The van der Waals surface area contributed by atoms with Crippen molar-refractivity contribution in [3.05, 3.63) is 33.3 Å². The first-order valence-corrected chi connectivity index (χ1v) is 8.03. The fraction of sp³-hybridized carbons (Fsp3) is 0.600. The highest BCUT2D eigenvalue weighted by atomic mass is 79.9. The molecule has 102 valence electrons. The summed E-state index contributed by atoms with van der Waals surface area (Å²) in [5.41, 5.74) is 1.28. The molecule has 1 nitrogen and oxygen atoms in total. The van der Waals surface area contributed by atoms with Crippen LogP contribution >= 0.6 is 27.5 Å². The maximum absolute atomic E-state index is 6.12. The van der Waals surface area contributed by atoms with E-state index in [0.717, 1.165) is 16.0 Å². The van der Waals surface area contributed by atoms with Gasteiger partial charge in [0.1, 0.15) is 0 Å². The first kappa shape index (κ1) is 16.0. The molecule has 0 aliphatic heterocycles. The molecule has 1 N–H and O–H groups in total. The van der Waals surface area contributed by atoms with E-state index in [0.29, 0.717) is 6.04 Å². The fourth-order valence-corrected chi connectivity index (χ4v) is 3.07. The minimum atomic E-state index is 0.418. The van der Waals surface area contributed by atoms with Crippen LogP contribution in [0.3, 0.4) is 0 Å². The van der Waals surface area contributed by atoms with Crippen molar-refractivity contribution in [2.75, 3.05) is 6.54 Å². The van der Waals surface area contributed by atoms with Gasteiger partial charge in [-0.15, -0.1) is 0 Å². The molecule has 1 aromatic rings. The zero-order valence-corrected chi connectivity index (χ0v) is 13.6. The van der Waals surface area contributed by atoms with Crippen LogP contribution in [0.25, 0.3) is 0 Å². The quantitative estimate of drug-likeness (QED) is 0.600. The van der Waals surface area contributed by atoms with E-state index in [1.54, 1.807) is 0 Å². The van der Waals surface area contributed by atoms with Crippen molar-refractivity contribution >= 4 is 27.5 Å². The minimum absolute atomic E-state index is 0.418. The second-order valence-corrected chi connectivity index (χ2v) is 6.01. The molecule has 0 radical (unpaired) electrons. The number of nitrogens with one attached hydrogen (secondary N) is 1. The predicted molar refractivity (Wildman–Crippen MR) is 84.3 cm³/mol. The van der Waals surface area contributed by atoms with E-state index in [1.165, 1.54) is 37.7 Å². The molecule has 1 atom stereocenters. The van der Waals surface area contributed by atoms with E-state index < -0.39 is 0 Å². The Morgan fingerprint density at radius 2 is 1.94 bits per heavy atom. The molecule has 0 fully saturated rings. The van der Waals surface area contributed by atoms with Gasteiger partial charge in [-0.2, -0.15) is 0 Å². The molecule has 0 bridgehead atoms. The highest BCUT2D eigenvalue weighted by Crippen LogP contribution is 2.27. The second kappa shape index (κ2) is 8.95. The predicted octanol–water partition coefficient (Wildman–Crippen LogP) is 5.72. The molecule has 0 spiro atoms. The van der Waals surface area contributed by atoms with E-state index >= 15 is 0 Å². The minimum Gasteiger partial charge on any atom is -0.310 e. The van der Waals surface area contributed by atoms with Crippen LogP contribution in [0.2, 0.25) is 5.02 Å². The number of halogens is 2. The first-order chi connectivity index (χ1) is 8.67. The Bertz CT molecular complexity index is 334. The van der Waals surface area contributed by atoms with Crippen LogP contribution in [-0.2, 0) is 0 Å². The van der Waals surface area contributed by atoms with E-state index in [4.69, 9.17) is 11.6 Å². The fourth-order valence-electron chi connectivity index (χ4n) is 2.18. The lowest BCUT2D eigenvalue weighted by molar-refractivity contribution is 0.481. The monoisotopic (exact) mass is 331 g/mol. The van der Waals surface area contributed by atoms with Gasteiger partial charge in [-0.1, -0.05) is 67.1 Å². The van der Waals surface area contributed by atoms with E-state index in [2.05, 4.69) is 47.2 Å². The molecule has 0 aliphatic rings. The summed E-state index contributed by atoms with van der Waals surface area (Å²) in [5.74, 6) is 0. The largest absolute Gasteiger partial charge is 0.310 e. The number of hydrogen-bond acceptors (Lipinski definition) is 1. The van der Waals surface area contributed by atoms with Gasteiger partial charge in [0.05, 0.1) is 0 Å². The summed E-state index contributed by atoms with van der Waals surface area (Å²) in [6.45, 7) is 5.39. The van der Waals surface area contributed by atoms with E-state index in [9.17, 15) is 0 Å². The highest BCUT2D eigenvalue weighted by molar-refractivity contribution is 9.10. The van der Waals surface area contributed by atoms with Crippen molar-refractivity contribution in [3.63, 3.8) is 0 Å². The molecule has 0 amide bonds. The number of benzene rings is 1. The molecule has 1 rings (SSSR count). The Kier molecular flexibility index (Phi) is 7.96. The SMILES string of the molecule is CCCCCCC(NCC)c1cc(Cl)cc(Br)c1. The van der Waals surface area contributed by atoms with Crippen LogP contribution in [0.15, 0.2) is 22.7 Å². The summed E-state index contributed by atoms with van der Waals surface area (Å²) in [6.07, 6.45) is 6.39. The molecule has 0 aliphatic carbocycles. The van der Waals surface area contributed by atoms with E-state index in [1.807, 2.05) is 6.07 Å². The lowest BCUT2D eigenvalue weighted by atomic mass is 10.00. The van der Waals surface area contributed by atoms with Gasteiger partial charge < -0.3 is 5.32 Å². The highest BCUT2D eigenvalue weighted by Gasteiger charge is 2.11. The van der Waals surface area contributed by atoms with Gasteiger partial charge in [0.2, 0.25) is 0 Å². The normalized spacial score (nSPS) is 12.7. The van der Waals surface area contributed by atoms with Crippen LogP contribution in [0, 0.1) is 0 Å². The number of unbranched alkanes of at least 4 members (excludes halogenated alkanes) is 3. The third-order valence-corrected chi connectivity index (χ3v) is 3.76. The third-order valence-electron chi connectivity index (χ3n) is 3.08. The third kappa shape index (κ3) is 5.73. The molecule has 0 saturated carbocycles. The molecule has 0 aromatic heterocycles. The second-order valence-electron chi connectivity index (χ2n) is 4.66. The average molecular weight is 333 g/mol. The Hall–Kier alpha value is -0.0500. The topological polar surface area (TPSA) is 12.0 Å². The van der Waals surface area contributed by atoms with Crippen molar-refractivity contribution in [3.8, 4) is 0 Å². The summed E-state index contributed by atoms with van der Waals surface area (Å²) in [7, 11) is 0. The Morgan fingerprint density at radius 3 is 2.56 bits per heavy atom. The smallest absolute Gasteiger partial charge is 0.0420 e. The van der Waals surface area contributed by atoms with E-state index in [-0.39, 0.29) is 0 Å². The Morgan fingerprint density at radius 1 is 1.17 bits per heavy atom. The number of rotatable bonds is 8. The van der Waals surface area contributed by atoms with Crippen molar-refractivity contribution in [2.24, 2.45) is 0 Å². The van der Waals surface area contributed by atoms with Crippen LogP contribution in [0.5, 0.6) is 0 Å². The molecule has 1 unspecified atom stereocenters. The standard InChI is InChI=1S/C15H23BrClN/c1-3-5-6-7-8-15(18-4-2)12-9-13(16)11-14(17)10-12/h9-11,15,18H,3-8H2,1-2H3. The van der Waals surface area contributed by atoms with Gasteiger partial charge in [-0.3, -0.25) is 0 Å². The van der Waals surface area contributed by atoms with Crippen LogP contribution < -0.4 is 5.32 Å². The van der Waals surface area contributed by atoms with Crippen molar-refractivity contribution < 1.29 is 0 Å². The van der Waals surface area contributed by atoms with Gasteiger partial charge in [-0.05, 0) is 36.7 Å². The summed E-state index contributed by atoms with van der Waals surface area (Å²) >= 11 is 9.63. The Balaban J connectivity index is 2.64. The number of hydrogen-bond donors (Lipinski definition) is 1. The van der Waals surface area contributed by atoms with Crippen LogP contribution in [0.1, 0.15) is 57.6 Å². The molecule has 3 heteroatoms. The zero-order valence-electron chi connectivity index (χ0n) is 11.3. The van der Waals surface area contributed by atoms with Gasteiger partial charge >= 0.3 is 0 Å². The summed E-state index contributed by atoms with van der Waals surface area (Å²) < 4.78 is 1.06. The van der Waals surface area contributed by atoms with Crippen molar-refractivity contribution in [1.29, 1.82) is 0 Å². The average Bonchev–Trinajstić information content (AvgIpc) is 2.32. The summed E-state index contributed by atoms with van der Waals surface area (Å²) in [5, 5.41) is 4.35. The maximum Gasteiger partial charge on any atom is 0.0420 e. The molecule has 18 heavy (non-hydrogen) atoms. The molecule has 1 aromatic carbocycles. The summed E-state index contributed by atoms with van der Waals surface area (Å²) in [6, 6.07) is 6.59. The molecular formula is C15H23BrClN. The molecule has 0 saturated heterocycles. The van der Waals surface area contributed by atoms with Crippen LogP contribution in [-0.4, -0.2) is 6.54 Å². The van der Waals surface area contributed by atoms with Crippen molar-refractivity contribution in [2.45, 2.75) is 52.0 Å². The maximum atomic E-state index is 6.12. The Labute approximate surface area is 124 Å². The molecular weight excluding hydrogens is 310 g/mol.